The monoisotopic (exact) mass is 489 g/mol. The van der Waals surface area contributed by atoms with Gasteiger partial charge in [0, 0.05) is 19.6 Å². The number of carbonyl (C=O) groups excluding carboxylic acids is 1. The van der Waals surface area contributed by atoms with E-state index in [1.54, 1.807) is 42.5 Å². The fraction of sp³-hybridized carbons (Fsp3) is 0.391. The van der Waals surface area contributed by atoms with Gasteiger partial charge in [-0.15, -0.1) is 0 Å². The van der Waals surface area contributed by atoms with E-state index < -0.39 is 16.0 Å². The Balaban J connectivity index is 1.46. The molecule has 2 aromatic carbocycles. The molecular weight excluding hydrogens is 462 g/mol. The van der Waals surface area contributed by atoms with Crippen LogP contribution in [-0.2, 0) is 37.4 Å². The molecule has 11 heteroatoms. The Hall–Kier alpha value is -3.15. The maximum absolute atomic E-state index is 13.0. The second-order valence-corrected chi connectivity index (χ2v) is 9.48. The smallest absolute Gasteiger partial charge is 0.344 e. The first kappa shape index (κ1) is 24.0. The van der Waals surface area contributed by atoms with Gasteiger partial charge in [-0.2, -0.15) is 4.31 Å². The number of ether oxygens (including phenoxy) is 4. The Bertz CT molecular complexity index is 1270. The number of sulfonamides is 1. The number of benzene rings is 2. The van der Waals surface area contributed by atoms with Gasteiger partial charge in [-0.05, 0) is 37.3 Å². The molecule has 0 spiro atoms. The van der Waals surface area contributed by atoms with Gasteiger partial charge < -0.3 is 23.5 Å². The van der Waals surface area contributed by atoms with Gasteiger partial charge >= 0.3 is 5.97 Å². The topological polar surface area (TPSA) is 109 Å². The number of para-hydroxylation sites is 2. The van der Waals surface area contributed by atoms with Crippen molar-refractivity contribution in [3.63, 3.8) is 0 Å². The number of imidazole rings is 1. The summed E-state index contributed by atoms with van der Waals surface area (Å²) in [4.78, 5) is 17.0. The first-order valence-corrected chi connectivity index (χ1v) is 12.4. The first-order valence-electron chi connectivity index (χ1n) is 10.9. The highest BCUT2D eigenvalue weighted by Crippen LogP contribution is 2.26. The molecule has 34 heavy (non-hydrogen) atoms. The third-order valence-corrected chi connectivity index (χ3v) is 7.39. The van der Waals surface area contributed by atoms with Crippen molar-refractivity contribution in [1.29, 1.82) is 0 Å². The van der Waals surface area contributed by atoms with E-state index in [0.717, 1.165) is 5.52 Å². The quantitative estimate of drug-likeness (QED) is 0.421. The number of methoxy groups -OCH3 is 1. The summed E-state index contributed by atoms with van der Waals surface area (Å²) < 4.78 is 50.6. The molecule has 0 amide bonds. The van der Waals surface area contributed by atoms with Crippen molar-refractivity contribution in [3.05, 3.63) is 48.3 Å². The fourth-order valence-corrected chi connectivity index (χ4v) is 5.21. The Morgan fingerprint density at radius 3 is 2.56 bits per heavy atom. The molecule has 0 atom stereocenters. The minimum Gasteiger partial charge on any atom is -0.493 e. The molecule has 1 aromatic heterocycles. The fourth-order valence-electron chi connectivity index (χ4n) is 3.78. The van der Waals surface area contributed by atoms with E-state index in [4.69, 9.17) is 18.9 Å². The summed E-state index contributed by atoms with van der Waals surface area (Å²) in [5.74, 6) is 0.919. The molecule has 1 fully saturated rings. The lowest BCUT2D eigenvalue weighted by atomic mass is 10.3. The molecule has 4 rings (SSSR count). The van der Waals surface area contributed by atoms with Gasteiger partial charge in [-0.25, -0.2) is 18.2 Å². The predicted molar refractivity (Wildman–Crippen MR) is 123 cm³/mol. The molecule has 0 saturated carbocycles. The summed E-state index contributed by atoms with van der Waals surface area (Å²) in [6, 6.07) is 11.9. The molecule has 10 nitrogen and oxygen atoms in total. The number of aromatic nitrogens is 2. The van der Waals surface area contributed by atoms with Crippen LogP contribution in [0.2, 0.25) is 0 Å². The van der Waals surface area contributed by atoms with Gasteiger partial charge in [0.05, 0.1) is 36.3 Å². The maximum Gasteiger partial charge on any atom is 0.344 e. The van der Waals surface area contributed by atoms with Crippen molar-refractivity contribution in [2.75, 3.05) is 40.0 Å². The number of hydrogen-bond donors (Lipinski definition) is 0. The molecule has 1 saturated heterocycles. The predicted octanol–water partition coefficient (Wildman–Crippen LogP) is 2.21. The zero-order valence-electron chi connectivity index (χ0n) is 19.1. The molecule has 0 bridgehead atoms. The third kappa shape index (κ3) is 5.01. The van der Waals surface area contributed by atoms with E-state index in [9.17, 15) is 13.2 Å². The van der Waals surface area contributed by atoms with Gasteiger partial charge in [0.15, 0.2) is 18.1 Å². The second-order valence-electron chi connectivity index (χ2n) is 7.54. The van der Waals surface area contributed by atoms with Crippen LogP contribution in [0.15, 0.2) is 47.4 Å². The van der Waals surface area contributed by atoms with E-state index in [1.807, 2.05) is 11.5 Å². The van der Waals surface area contributed by atoms with Crippen molar-refractivity contribution >= 4 is 27.0 Å². The first-order chi connectivity index (χ1) is 16.4. The maximum atomic E-state index is 13.0. The lowest BCUT2D eigenvalue weighted by Gasteiger charge is -2.26. The number of morpholine rings is 1. The number of rotatable bonds is 9. The molecule has 1 aliphatic heterocycles. The van der Waals surface area contributed by atoms with Crippen LogP contribution in [0.1, 0.15) is 12.7 Å². The summed E-state index contributed by atoms with van der Waals surface area (Å²) in [6.07, 6.45) is 0. The van der Waals surface area contributed by atoms with E-state index in [1.165, 1.54) is 11.4 Å². The summed E-state index contributed by atoms with van der Waals surface area (Å²) in [7, 11) is -2.12. The average molecular weight is 490 g/mol. The number of aryl methyl sites for hydroxylation is 1. The standard InChI is InChI=1S/C23H27N3O7S/c1-3-26-19-9-8-17(34(28,29)25-10-12-31-13-11-25)14-18(19)24-22(26)15-33-23(27)16-32-21-7-5-4-6-20(21)30-2/h4-9,14H,3,10-13,15-16H2,1-2H3. The largest absolute Gasteiger partial charge is 0.493 e. The van der Waals surface area contributed by atoms with Crippen LogP contribution in [-0.4, -0.2) is 68.3 Å². The summed E-state index contributed by atoms with van der Waals surface area (Å²) in [5, 5.41) is 0. The molecule has 2 heterocycles. The Kier molecular flexibility index (Phi) is 7.35. The normalized spacial score (nSPS) is 14.8. The van der Waals surface area contributed by atoms with Crippen molar-refractivity contribution < 1.29 is 32.2 Å². The molecule has 1 aliphatic rings. The van der Waals surface area contributed by atoms with Crippen molar-refractivity contribution in [3.8, 4) is 11.5 Å². The van der Waals surface area contributed by atoms with E-state index in [2.05, 4.69) is 4.98 Å². The lowest BCUT2D eigenvalue weighted by molar-refractivity contribution is -0.147. The number of esters is 1. The van der Waals surface area contributed by atoms with Crippen molar-refractivity contribution in [2.24, 2.45) is 0 Å². The van der Waals surface area contributed by atoms with E-state index >= 15 is 0 Å². The van der Waals surface area contributed by atoms with Crippen LogP contribution in [0.4, 0.5) is 0 Å². The zero-order chi connectivity index (χ0) is 24.1. The van der Waals surface area contributed by atoms with E-state index in [-0.39, 0.29) is 18.1 Å². The molecule has 182 valence electrons. The van der Waals surface area contributed by atoms with Crippen LogP contribution in [0.3, 0.4) is 0 Å². The zero-order valence-corrected chi connectivity index (χ0v) is 19.9. The number of carbonyl (C=O) groups is 1. The molecular formula is C23H27N3O7S. The Labute approximate surface area is 198 Å². The third-order valence-electron chi connectivity index (χ3n) is 5.50. The highest BCUT2D eigenvalue weighted by molar-refractivity contribution is 7.89. The van der Waals surface area contributed by atoms with Crippen molar-refractivity contribution in [2.45, 2.75) is 25.0 Å². The Morgan fingerprint density at radius 2 is 1.85 bits per heavy atom. The average Bonchev–Trinajstić information content (AvgIpc) is 3.23. The van der Waals surface area contributed by atoms with Crippen LogP contribution in [0, 0.1) is 0 Å². The van der Waals surface area contributed by atoms with Crippen LogP contribution >= 0.6 is 0 Å². The minimum absolute atomic E-state index is 0.0673. The summed E-state index contributed by atoms with van der Waals surface area (Å²) >= 11 is 0. The van der Waals surface area contributed by atoms with E-state index in [0.29, 0.717) is 55.7 Å². The highest BCUT2D eigenvalue weighted by Gasteiger charge is 2.27. The van der Waals surface area contributed by atoms with Crippen LogP contribution < -0.4 is 9.47 Å². The summed E-state index contributed by atoms with van der Waals surface area (Å²) in [6.45, 7) is 3.57. The molecule has 3 aromatic rings. The van der Waals surface area contributed by atoms with Gasteiger partial charge in [-0.3, -0.25) is 0 Å². The Morgan fingerprint density at radius 1 is 1.12 bits per heavy atom. The van der Waals surface area contributed by atoms with Crippen LogP contribution in [0.25, 0.3) is 11.0 Å². The van der Waals surface area contributed by atoms with Gasteiger partial charge in [0.1, 0.15) is 12.4 Å². The molecule has 0 unspecified atom stereocenters. The van der Waals surface area contributed by atoms with Gasteiger partial charge in [0.2, 0.25) is 10.0 Å². The van der Waals surface area contributed by atoms with Crippen LogP contribution in [0.5, 0.6) is 11.5 Å². The SMILES string of the molecule is CCn1c(COC(=O)COc2ccccc2OC)nc2cc(S(=O)(=O)N3CCOCC3)ccc21. The number of nitrogens with zero attached hydrogens (tertiary/aromatic N) is 3. The number of hydrogen-bond acceptors (Lipinski definition) is 8. The lowest BCUT2D eigenvalue weighted by Crippen LogP contribution is -2.40. The van der Waals surface area contributed by atoms with Crippen molar-refractivity contribution in [1.82, 2.24) is 13.9 Å². The van der Waals surface area contributed by atoms with Gasteiger partial charge in [0.25, 0.3) is 0 Å². The highest BCUT2D eigenvalue weighted by atomic mass is 32.2. The van der Waals surface area contributed by atoms with Gasteiger partial charge in [-0.1, -0.05) is 12.1 Å². The molecule has 0 radical (unpaired) electrons. The molecule has 0 N–H and O–H groups in total. The molecule has 0 aliphatic carbocycles. The second kappa shape index (κ2) is 10.4. The summed E-state index contributed by atoms with van der Waals surface area (Å²) in [5.41, 5.74) is 1.28. The number of fused-ring (bicyclic) bond motifs is 1. The minimum atomic E-state index is -3.64.